The van der Waals surface area contributed by atoms with Crippen molar-refractivity contribution in [2.24, 2.45) is 17.8 Å². The fourth-order valence-corrected chi connectivity index (χ4v) is 8.08. The molecule has 5 amide bonds. The second kappa shape index (κ2) is 11.0. The first-order chi connectivity index (χ1) is 21.3. The molecule has 44 heavy (non-hydrogen) atoms. The van der Waals surface area contributed by atoms with Crippen molar-refractivity contribution >= 4 is 41.2 Å². The molecule has 8 nitrogen and oxygen atoms in total. The van der Waals surface area contributed by atoms with Gasteiger partial charge in [0.1, 0.15) is 17.1 Å². The summed E-state index contributed by atoms with van der Waals surface area (Å²) in [5, 5.41) is 4.90. The summed E-state index contributed by atoms with van der Waals surface area (Å²) >= 11 is 0. The first kappa shape index (κ1) is 28.0. The van der Waals surface area contributed by atoms with E-state index >= 15 is 0 Å². The molecule has 3 aromatic rings. The zero-order valence-electron chi connectivity index (χ0n) is 24.1. The molecular formula is C35H32FN3O5. The van der Waals surface area contributed by atoms with Crippen molar-refractivity contribution in [1.82, 2.24) is 5.32 Å². The van der Waals surface area contributed by atoms with Gasteiger partial charge in [0, 0.05) is 11.3 Å². The van der Waals surface area contributed by atoms with Crippen molar-refractivity contribution < 1.29 is 28.3 Å². The normalized spacial score (nSPS) is 26.6. The molecule has 1 heterocycles. The number of ether oxygens (including phenoxy) is 1. The minimum absolute atomic E-state index is 0.183. The third-order valence-corrected chi connectivity index (χ3v) is 9.58. The van der Waals surface area contributed by atoms with Gasteiger partial charge in [-0.15, -0.1) is 0 Å². The lowest BCUT2D eigenvalue weighted by Gasteiger charge is -2.57. The molecule has 3 aromatic carbocycles. The molecule has 5 fully saturated rings. The Bertz CT molecular complexity index is 1650. The van der Waals surface area contributed by atoms with Gasteiger partial charge in [0.2, 0.25) is 0 Å². The Labute approximate surface area is 254 Å². The van der Waals surface area contributed by atoms with E-state index in [1.165, 1.54) is 74.4 Å². The van der Waals surface area contributed by atoms with E-state index in [4.69, 9.17) is 4.74 Å². The molecule has 0 aromatic heterocycles. The van der Waals surface area contributed by atoms with E-state index < -0.39 is 29.6 Å². The molecule has 0 unspecified atom stereocenters. The molecule has 9 heteroatoms. The summed E-state index contributed by atoms with van der Waals surface area (Å²) in [4.78, 5) is 52.7. The number of para-hydroxylation sites is 1. The highest BCUT2D eigenvalue weighted by molar-refractivity contribution is 6.39. The lowest BCUT2D eigenvalue weighted by molar-refractivity contribution is -0.122. The fraction of sp³-hybridized carbons (Fsp3) is 0.314. The smallest absolute Gasteiger partial charge is 0.335 e. The van der Waals surface area contributed by atoms with Crippen LogP contribution in [0.2, 0.25) is 0 Å². The quantitative estimate of drug-likeness (QED) is 0.259. The van der Waals surface area contributed by atoms with E-state index in [9.17, 15) is 23.6 Å². The molecular weight excluding hydrogens is 561 g/mol. The number of anilines is 2. The third kappa shape index (κ3) is 5.27. The number of nitrogens with one attached hydrogen (secondary N) is 2. The van der Waals surface area contributed by atoms with Crippen LogP contribution in [0.1, 0.15) is 49.7 Å². The SMILES string of the molecule is O=C(COc1ccccc1/C=C1\C(=O)NC(=O)N(c2ccc(C34CC5CC(CC(C5)C3)C4)cc2)C1=O)Nc1ccc(F)cc1. The van der Waals surface area contributed by atoms with Crippen molar-refractivity contribution in [3.05, 3.63) is 95.3 Å². The maximum atomic E-state index is 13.6. The summed E-state index contributed by atoms with van der Waals surface area (Å²) < 4.78 is 18.8. The lowest BCUT2D eigenvalue weighted by atomic mass is 9.48. The van der Waals surface area contributed by atoms with Gasteiger partial charge in [-0.1, -0.05) is 30.3 Å². The van der Waals surface area contributed by atoms with Crippen LogP contribution in [0.5, 0.6) is 5.75 Å². The maximum absolute atomic E-state index is 13.6. The number of hydrogen-bond acceptors (Lipinski definition) is 5. The van der Waals surface area contributed by atoms with Crippen LogP contribution in [0.4, 0.5) is 20.6 Å². The van der Waals surface area contributed by atoms with Gasteiger partial charge in [0.25, 0.3) is 17.7 Å². The standard InChI is InChI=1S/C35H32FN3O5/c36-26-7-9-27(10-8-26)37-31(40)20-44-30-4-2-1-3-24(30)16-29-32(41)38-34(43)39(33(29)42)28-11-5-25(6-12-28)35-17-21-13-22(18-35)15-23(14-21)19-35/h1-12,16,21-23H,13-15,17-20H2,(H,37,40)(H,38,41,43)/b29-16+. The number of benzene rings is 3. The van der Waals surface area contributed by atoms with Gasteiger partial charge in [-0.25, -0.2) is 14.1 Å². The molecule has 4 aliphatic carbocycles. The highest BCUT2D eigenvalue weighted by Crippen LogP contribution is 2.60. The first-order valence-corrected chi connectivity index (χ1v) is 15.1. The zero-order valence-corrected chi connectivity index (χ0v) is 24.1. The van der Waals surface area contributed by atoms with Gasteiger partial charge >= 0.3 is 6.03 Å². The van der Waals surface area contributed by atoms with Crippen molar-refractivity contribution in [1.29, 1.82) is 0 Å². The van der Waals surface area contributed by atoms with E-state index in [1.807, 2.05) is 12.1 Å². The Morgan fingerprint density at radius 3 is 2.20 bits per heavy atom. The number of urea groups is 1. The minimum atomic E-state index is -0.815. The average Bonchev–Trinajstić information content (AvgIpc) is 2.99. The van der Waals surface area contributed by atoms with Crippen LogP contribution in [0, 0.1) is 23.6 Å². The maximum Gasteiger partial charge on any atom is 0.335 e. The number of halogens is 1. The van der Waals surface area contributed by atoms with Gasteiger partial charge in [0.15, 0.2) is 6.61 Å². The lowest BCUT2D eigenvalue weighted by Crippen LogP contribution is -2.54. The Morgan fingerprint density at radius 2 is 1.55 bits per heavy atom. The number of imide groups is 2. The Hall–Kier alpha value is -4.79. The van der Waals surface area contributed by atoms with Crippen molar-refractivity contribution in [2.45, 2.75) is 43.9 Å². The second-order valence-corrected chi connectivity index (χ2v) is 12.6. The van der Waals surface area contributed by atoms with Crippen LogP contribution in [0.15, 0.2) is 78.4 Å². The van der Waals surface area contributed by atoms with Crippen LogP contribution in [-0.4, -0.2) is 30.4 Å². The fourth-order valence-electron chi connectivity index (χ4n) is 8.08. The third-order valence-electron chi connectivity index (χ3n) is 9.58. The van der Waals surface area contributed by atoms with E-state index in [1.54, 1.807) is 36.4 Å². The van der Waals surface area contributed by atoms with Crippen LogP contribution in [-0.2, 0) is 19.8 Å². The van der Waals surface area contributed by atoms with Crippen molar-refractivity contribution in [2.75, 3.05) is 16.8 Å². The molecule has 2 N–H and O–H groups in total. The summed E-state index contributed by atoms with van der Waals surface area (Å²) in [5.74, 6) is 0.200. The number of carbonyl (C=O) groups excluding carboxylic acids is 4. The molecule has 8 rings (SSSR count). The van der Waals surface area contributed by atoms with Gasteiger partial charge in [-0.3, -0.25) is 19.7 Å². The molecule has 1 aliphatic heterocycles. The molecule has 0 spiro atoms. The summed E-state index contributed by atoms with van der Waals surface area (Å²) in [6.45, 7) is -0.363. The van der Waals surface area contributed by atoms with Gasteiger partial charge in [-0.05, 0) is 116 Å². The number of carbonyl (C=O) groups is 4. The summed E-state index contributed by atoms with van der Waals surface area (Å²) in [6.07, 6.45) is 9.02. The van der Waals surface area contributed by atoms with Crippen LogP contribution >= 0.6 is 0 Å². The van der Waals surface area contributed by atoms with Gasteiger partial charge in [-0.2, -0.15) is 0 Å². The van der Waals surface area contributed by atoms with Crippen molar-refractivity contribution in [3.8, 4) is 5.75 Å². The molecule has 4 saturated carbocycles. The van der Waals surface area contributed by atoms with Crippen LogP contribution < -0.4 is 20.3 Å². The second-order valence-electron chi connectivity index (χ2n) is 12.6. The zero-order chi connectivity index (χ0) is 30.4. The molecule has 4 bridgehead atoms. The average molecular weight is 594 g/mol. The molecule has 0 atom stereocenters. The Balaban J connectivity index is 1.08. The van der Waals surface area contributed by atoms with Crippen molar-refractivity contribution in [3.63, 3.8) is 0 Å². The summed E-state index contributed by atoms with van der Waals surface area (Å²) in [7, 11) is 0. The van der Waals surface area contributed by atoms with Crippen LogP contribution in [0.25, 0.3) is 6.08 Å². The predicted octanol–water partition coefficient (Wildman–Crippen LogP) is 5.98. The number of hydrogen-bond donors (Lipinski definition) is 2. The number of barbiturate groups is 1. The topological polar surface area (TPSA) is 105 Å². The largest absolute Gasteiger partial charge is 0.483 e. The monoisotopic (exact) mass is 593 g/mol. The highest BCUT2D eigenvalue weighted by Gasteiger charge is 2.51. The van der Waals surface area contributed by atoms with E-state index in [0.717, 1.165) is 22.7 Å². The number of amides is 5. The summed E-state index contributed by atoms with van der Waals surface area (Å²) in [6, 6.07) is 18.9. The highest BCUT2D eigenvalue weighted by atomic mass is 19.1. The Kier molecular flexibility index (Phi) is 7.03. The van der Waals surface area contributed by atoms with Gasteiger partial charge < -0.3 is 10.1 Å². The summed E-state index contributed by atoms with van der Waals surface area (Å²) in [5.41, 5.74) is 2.40. The van der Waals surface area contributed by atoms with E-state index in [-0.39, 0.29) is 23.3 Å². The number of nitrogens with zero attached hydrogens (tertiary/aromatic N) is 1. The minimum Gasteiger partial charge on any atom is -0.483 e. The molecule has 0 radical (unpaired) electrons. The number of rotatable bonds is 7. The molecule has 1 saturated heterocycles. The predicted molar refractivity (Wildman–Crippen MR) is 162 cm³/mol. The first-order valence-electron chi connectivity index (χ1n) is 15.1. The van der Waals surface area contributed by atoms with Gasteiger partial charge in [0.05, 0.1) is 5.69 Å². The molecule has 5 aliphatic rings. The van der Waals surface area contributed by atoms with E-state index in [0.29, 0.717) is 16.9 Å². The van der Waals surface area contributed by atoms with E-state index in [2.05, 4.69) is 10.6 Å². The molecule has 224 valence electrons. The van der Waals surface area contributed by atoms with Crippen LogP contribution in [0.3, 0.4) is 0 Å². The Morgan fingerprint density at radius 1 is 0.909 bits per heavy atom.